The van der Waals surface area contributed by atoms with Crippen molar-refractivity contribution >= 4 is 54.4 Å². The fourth-order valence-electron chi connectivity index (χ4n) is 10.0. The first-order valence-electron chi connectivity index (χ1n) is 19.8. The summed E-state index contributed by atoms with van der Waals surface area (Å²) in [5.41, 5.74) is 16.9. The van der Waals surface area contributed by atoms with Crippen molar-refractivity contribution in [1.29, 1.82) is 0 Å². The molecule has 0 bridgehead atoms. The molecule has 0 fully saturated rings. The topological polar surface area (TPSA) is 18.1 Å². The Balaban J connectivity index is 1.02. The molecule has 0 radical (unpaired) electrons. The van der Waals surface area contributed by atoms with E-state index in [2.05, 4.69) is 194 Å². The molecule has 2 nitrogen and oxygen atoms in total. The Morgan fingerprint density at radius 3 is 1.63 bits per heavy atom. The molecule has 0 N–H and O–H groups in total. The maximum atomic E-state index is 6.22. The molecule has 11 aromatic rings. The van der Waals surface area contributed by atoms with Gasteiger partial charge in [-0.05, 0) is 109 Å². The van der Waals surface area contributed by atoms with E-state index >= 15 is 0 Å². The number of rotatable bonds is 4. The molecule has 2 heteroatoms. The number of furan rings is 1. The second-order valence-electron chi connectivity index (χ2n) is 16.0. The number of fused-ring (bicyclic) bond motifs is 10. The highest BCUT2D eigenvalue weighted by atomic mass is 16.3. The van der Waals surface area contributed by atoms with E-state index in [9.17, 15) is 0 Å². The fourth-order valence-corrected chi connectivity index (χ4v) is 10.0. The highest BCUT2D eigenvalue weighted by Gasteiger charge is 2.40. The van der Waals surface area contributed by atoms with Crippen LogP contribution in [0.5, 0.6) is 0 Å². The first kappa shape index (κ1) is 32.1. The number of hydrogen-bond donors (Lipinski definition) is 0. The Hall–Kier alpha value is -7.16. The molecule has 268 valence electrons. The van der Waals surface area contributed by atoms with E-state index in [4.69, 9.17) is 4.42 Å². The van der Waals surface area contributed by atoms with Crippen molar-refractivity contribution in [2.75, 3.05) is 0 Å². The minimum absolute atomic E-state index is 0.135. The van der Waals surface area contributed by atoms with Crippen molar-refractivity contribution in [1.82, 2.24) is 4.57 Å². The SMILES string of the molecule is CC1(C)c2ccccc2-c2c1n(-c1ccccc1)c1ccc(-c3ccc(-c4c5ccccc5c(-c5ccc6oc7ccccc7c6c5)c5ccccc45)cc3)cc21. The van der Waals surface area contributed by atoms with Crippen LogP contribution in [0.4, 0.5) is 0 Å². The van der Waals surface area contributed by atoms with Crippen LogP contribution < -0.4 is 0 Å². The van der Waals surface area contributed by atoms with Gasteiger partial charge < -0.3 is 8.98 Å². The number of hydrogen-bond acceptors (Lipinski definition) is 1. The van der Waals surface area contributed by atoms with E-state index in [-0.39, 0.29) is 5.41 Å². The quantitative estimate of drug-likeness (QED) is 0.165. The van der Waals surface area contributed by atoms with E-state index in [0.717, 1.165) is 21.9 Å². The fraction of sp³-hybridized carbons (Fsp3) is 0.0545. The molecule has 9 aromatic carbocycles. The lowest BCUT2D eigenvalue weighted by Gasteiger charge is -2.24. The van der Waals surface area contributed by atoms with Crippen molar-refractivity contribution in [3.8, 4) is 50.2 Å². The average molecular weight is 728 g/mol. The Morgan fingerprint density at radius 2 is 0.912 bits per heavy atom. The molecular weight excluding hydrogens is 691 g/mol. The lowest BCUT2D eigenvalue weighted by Crippen LogP contribution is -2.19. The zero-order valence-electron chi connectivity index (χ0n) is 31.8. The van der Waals surface area contributed by atoms with Crippen LogP contribution in [0.25, 0.3) is 105 Å². The van der Waals surface area contributed by atoms with Gasteiger partial charge in [-0.15, -0.1) is 0 Å². The van der Waals surface area contributed by atoms with E-state index in [1.165, 1.54) is 93.9 Å². The highest BCUT2D eigenvalue weighted by Crippen LogP contribution is 2.54. The van der Waals surface area contributed by atoms with Gasteiger partial charge in [-0.1, -0.05) is 159 Å². The Labute approximate surface area is 330 Å². The van der Waals surface area contributed by atoms with Crippen LogP contribution in [0, 0.1) is 0 Å². The molecular formula is C55H37NO. The second kappa shape index (κ2) is 11.9. The standard InChI is InChI=1S/C55H37NO/c1-55(2)47-22-12-10-21-44(47)53-46-32-36(28-30-48(46)56(54(53)55)38-14-4-3-5-15-38)34-24-26-35(27-25-34)51-40-17-6-8-19-42(40)52(43-20-9-7-18-41(43)51)37-29-31-50-45(33-37)39-16-11-13-23-49(39)57-50/h3-33H,1-2H3. The summed E-state index contributed by atoms with van der Waals surface area (Å²) in [6.07, 6.45) is 0. The zero-order chi connectivity index (χ0) is 37.8. The van der Waals surface area contributed by atoms with Gasteiger partial charge in [0.05, 0.1) is 5.52 Å². The molecule has 0 saturated heterocycles. The largest absolute Gasteiger partial charge is 0.456 e. The van der Waals surface area contributed by atoms with Gasteiger partial charge in [0.25, 0.3) is 0 Å². The zero-order valence-corrected chi connectivity index (χ0v) is 31.8. The van der Waals surface area contributed by atoms with Crippen LogP contribution in [-0.4, -0.2) is 4.57 Å². The molecule has 1 aliphatic carbocycles. The van der Waals surface area contributed by atoms with Gasteiger partial charge >= 0.3 is 0 Å². The maximum absolute atomic E-state index is 6.22. The molecule has 1 aliphatic rings. The van der Waals surface area contributed by atoms with Gasteiger partial charge in [0, 0.05) is 38.5 Å². The summed E-state index contributed by atoms with van der Waals surface area (Å²) < 4.78 is 8.71. The lowest BCUT2D eigenvalue weighted by molar-refractivity contribution is 0.624. The van der Waals surface area contributed by atoms with Gasteiger partial charge in [0.1, 0.15) is 11.2 Å². The molecule has 0 spiro atoms. The van der Waals surface area contributed by atoms with E-state index in [0.29, 0.717) is 0 Å². The molecule has 2 heterocycles. The normalized spacial score (nSPS) is 13.2. The molecule has 0 aliphatic heterocycles. The summed E-state index contributed by atoms with van der Waals surface area (Å²) in [6.45, 7) is 4.74. The van der Waals surface area contributed by atoms with Crippen LogP contribution in [0.15, 0.2) is 192 Å². The van der Waals surface area contributed by atoms with Crippen molar-refractivity contribution in [2.24, 2.45) is 0 Å². The molecule has 0 unspecified atom stereocenters. The van der Waals surface area contributed by atoms with Crippen molar-refractivity contribution in [3.63, 3.8) is 0 Å². The summed E-state index contributed by atoms with van der Waals surface area (Å²) >= 11 is 0. The second-order valence-corrected chi connectivity index (χ2v) is 16.0. The van der Waals surface area contributed by atoms with Gasteiger partial charge in [-0.3, -0.25) is 0 Å². The van der Waals surface area contributed by atoms with Crippen molar-refractivity contribution in [3.05, 3.63) is 199 Å². The van der Waals surface area contributed by atoms with Crippen LogP contribution in [0.1, 0.15) is 25.1 Å². The van der Waals surface area contributed by atoms with Gasteiger partial charge in [-0.2, -0.15) is 0 Å². The van der Waals surface area contributed by atoms with Gasteiger partial charge in [0.15, 0.2) is 0 Å². The van der Waals surface area contributed by atoms with Crippen molar-refractivity contribution in [2.45, 2.75) is 19.3 Å². The van der Waals surface area contributed by atoms with Crippen LogP contribution >= 0.6 is 0 Å². The van der Waals surface area contributed by atoms with E-state index < -0.39 is 0 Å². The summed E-state index contributed by atoms with van der Waals surface area (Å²) in [7, 11) is 0. The summed E-state index contributed by atoms with van der Waals surface area (Å²) in [4.78, 5) is 0. The molecule has 12 rings (SSSR count). The van der Waals surface area contributed by atoms with Crippen LogP contribution in [0.2, 0.25) is 0 Å². The van der Waals surface area contributed by atoms with E-state index in [1.54, 1.807) is 0 Å². The Bertz CT molecular complexity index is 3360. The van der Waals surface area contributed by atoms with E-state index in [1.807, 2.05) is 12.1 Å². The summed E-state index contributed by atoms with van der Waals surface area (Å²) in [5, 5.41) is 8.56. The maximum Gasteiger partial charge on any atom is 0.135 e. The number of nitrogens with zero attached hydrogens (tertiary/aromatic N) is 1. The minimum atomic E-state index is -0.135. The number of benzene rings is 9. The lowest BCUT2D eigenvalue weighted by atomic mass is 9.85. The average Bonchev–Trinajstić information content (AvgIpc) is 3.89. The summed E-state index contributed by atoms with van der Waals surface area (Å²) in [6, 6.07) is 68.8. The van der Waals surface area contributed by atoms with Gasteiger partial charge in [-0.25, -0.2) is 0 Å². The third-order valence-corrected chi connectivity index (χ3v) is 12.5. The van der Waals surface area contributed by atoms with Crippen molar-refractivity contribution < 1.29 is 4.42 Å². The molecule has 57 heavy (non-hydrogen) atoms. The molecule has 2 aromatic heterocycles. The monoisotopic (exact) mass is 727 g/mol. The van der Waals surface area contributed by atoms with Gasteiger partial charge in [0.2, 0.25) is 0 Å². The predicted molar refractivity (Wildman–Crippen MR) is 239 cm³/mol. The van der Waals surface area contributed by atoms with Crippen LogP contribution in [0.3, 0.4) is 0 Å². The molecule has 0 atom stereocenters. The Kier molecular flexibility index (Phi) is 6.72. The predicted octanol–water partition coefficient (Wildman–Crippen LogP) is 15.1. The minimum Gasteiger partial charge on any atom is -0.456 e. The molecule has 0 amide bonds. The Morgan fingerprint density at radius 1 is 0.386 bits per heavy atom. The smallest absolute Gasteiger partial charge is 0.135 e. The highest BCUT2D eigenvalue weighted by molar-refractivity contribution is 6.22. The third-order valence-electron chi connectivity index (χ3n) is 12.5. The number of aromatic nitrogens is 1. The first-order valence-corrected chi connectivity index (χ1v) is 19.8. The molecule has 0 saturated carbocycles. The summed E-state index contributed by atoms with van der Waals surface area (Å²) in [5.74, 6) is 0. The third kappa shape index (κ3) is 4.59. The first-order chi connectivity index (χ1) is 28.0. The number of para-hydroxylation sites is 2. The van der Waals surface area contributed by atoms with Crippen LogP contribution in [-0.2, 0) is 5.41 Å².